The Balaban J connectivity index is 2.45. The number of carbonyl (C=O) groups is 3. The number of unbranched alkanes of at least 4 members (excludes halogenated alkanes) is 2. The molecule has 1 unspecified atom stereocenters. The number of carbonyl (C=O) groups excluding carboxylic acids is 2. The monoisotopic (exact) mass is 293 g/mol. The number of imide groups is 1. The Hall–Kier alpha value is -1.48. The van der Waals surface area contributed by atoms with Gasteiger partial charge in [-0.3, -0.25) is 23.8 Å². The summed E-state index contributed by atoms with van der Waals surface area (Å²) in [5, 5.41) is 6.72. The first-order valence-electron chi connectivity index (χ1n) is 5.76. The van der Waals surface area contributed by atoms with Crippen molar-refractivity contribution in [1.82, 2.24) is 4.90 Å². The van der Waals surface area contributed by atoms with E-state index in [0.29, 0.717) is 19.3 Å². The third kappa shape index (κ3) is 4.28. The summed E-state index contributed by atoms with van der Waals surface area (Å²) >= 11 is 0. The third-order valence-electron chi connectivity index (χ3n) is 2.83. The fraction of sp³-hybridized carbons (Fsp3) is 0.700. The average molecular weight is 293 g/mol. The van der Waals surface area contributed by atoms with Crippen LogP contribution in [0.5, 0.6) is 0 Å². The van der Waals surface area contributed by atoms with Crippen molar-refractivity contribution in [1.29, 1.82) is 0 Å². The van der Waals surface area contributed by atoms with Crippen molar-refractivity contribution < 1.29 is 32.5 Å². The van der Waals surface area contributed by atoms with E-state index >= 15 is 0 Å². The van der Waals surface area contributed by atoms with Gasteiger partial charge in [-0.25, -0.2) is 0 Å². The minimum Gasteiger partial charge on any atom is -0.481 e. The first kappa shape index (κ1) is 15.6. The van der Waals surface area contributed by atoms with Crippen molar-refractivity contribution in [2.24, 2.45) is 0 Å². The quantitative estimate of drug-likeness (QED) is 0.372. The minimum absolute atomic E-state index is 0.00946. The van der Waals surface area contributed by atoms with Gasteiger partial charge in [0.1, 0.15) is 0 Å². The molecule has 19 heavy (non-hydrogen) atoms. The molecule has 0 radical (unpaired) electrons. The Morgan fingerprint density at radius 3 is 2.37 bits per heavy atom. The maximum Gasteiger partial charge on any atom is 0.303 e. The topological polar surface area (TPSA) is 129 Å². The normalized spacial score (nSPS) is 20.1. The van der Waals surface area contributed by atoms with Crippen molar-refractivity contribution in [3.63, 3.8) is 0 Å². The molecule has 1 saturated heterocycles. The second kappa shape index (κ2) is 6.11. The predicted molar refractivity (Wildman–Crippen MR) is 62.8 cm³/mol. The molecule has 1 aliphatic heterocycles. The van der Waals surface area contributed by atoms with Crippen LogP contribution >= 0.6 is 0 Å². The van der Waals surface area contributed by atoms with Crippen LogP contribution in [0.25, 0.3) is 0 Å². The molecule has 9 heteroatoms. The van der Waals surface area contributed by atoms with Gasteiger partial charge in [-0.15, -0.1) is 0 Å². The van der Waals surface area contributed by atoms with E-state index in [1.807, 2.05) is 0 Å². The van der Waals surface area contributed by atoms with Crippen LogP contribution in [-0.2, 0) is 24.5 Å². The number of likely N-dealkylation sites (tertiary alicyclic amines) is 1. The summed E-state index contributed by atoms with van der Waals surface area (Å²) in [6.45, 7) is 0.0449. The van der Waals surface area contributed by atoms with Crippen LogP contribution in [-0.4, -0.2) is 52.6 Å². The molecule has 1 aliphatic rings. The smallest absolute Gasteiger partial charge is 0.303 e. The van der Waals surface area contributed by atoms with E-state index in [4.69, 9.17) is 9.66 Å². The standard InChI is InChI=1S/C10H15NO7S/c12-8-6-7(19(16,17)18)10(15)11(8)5-3-1-2-4-9(13)14/h7H,1-6H2,(H,13,14)(H,16,17,18). The summed E-state index contributed by atoms with van der Waals surface area (Å²) in [6.07, 6.45) is 0.818. The first-order valence-corrected chi connectivity index (χ1v) is 7.26. The van der Waals surface area contributed by atoms with Crippen molar-refractivity contribution in [3.05, 3.63) is 0 Å². The Labute approximate surface area is 110 Å². The maximum absolute atomic E-state index is 11.6. The van der Waals surface area contributed by atoms with Crippen LogP contribution in [0.4, 0.5) is 0 Å². The number of rotatable bonds is 7. The van der Waals surface area contributed by atoms with Crippen molar-refractivity contribution in [3.8, 4) is 0 Å². The lowest BCUT2D eigenvalue weighted by Crippen LogP contribution is -2.35. The van der Waals surface area contributed by atoms with E-state index in [2.05, 4.69) is 0 Å². The average Bonchev–Trinajstić information content (AvgIpc) is 2.55. The third-order valence-corrected chi connectivity index (χ3v) is 3.92. The Kier molecular flexibility index (Phi) is 5.01. The van der Waals surface area contributed by atoms with Crippen LogP contribution in [0, 0.1) is 0 Å². The molecule has 0 bridgehead atoms. The van der Waals surface area contributed by atoms with E-state index < -0.39 is 39.6 Å². The molecule has 8 nitrogen and oxygen atoms in total. The molecular weight excluding hydrogens is 278 g/mol. The van der Waals surface area contributed by atoms with Gasteiger partial charge in [-0.2, -0.15) is 8.42 Å². The van der Waals surface area contributed by atoms with Gasteiger partial charge in [0.05, 0.1) is 6.42 Å². The van der Waals surface area contributed by atoms with E-state index in [0.717, 1.165) is 4.90 Å². The molecule has 108 valence electrons. The summed E-state index contributed by atoms with van der Waals surface area (Å²) in [7, 11) is -4.55. The van der Waals surface area contributed by atoms with Gasteiger partial charge in [0, 0.05) is 13.0 Å². The van der Waals surface area contributed by atoms with Gasteiger partial charge >= 0.3 is 5.97 Å². The van der Waals surface area contributed by atoms with Crippen LogP contribution < -0.4 is 0 Å². The number of carboxylic acid groups (broad SMARTS) is 1. The minimum atomic E-state index is -4.55. The van der Waals surface area contributed by atoms with E-state index in [1.54, 1.807) is 0 Å². The van der Waals surface area contributed by atoms with Crippen LogP contribution in [0.15, 0.2) is 0 Å². The number of hydrogen-bond acceptors (Lipinski definition) is 5. The zero-order valence-electron chi connectivity index (χ0n) is 10.1. The summed E-state index contributed by atoms with van der Waals surface area (Å²) in [6, 6.07) is 0. The first-order chi connectivity index (χ1) is 8.73. The van der Waals surface area contributed by atoms with Crippen molar-refractivity contribution >= 4 is 27.9 Å². The lowest BCUT2D eigenvalue weighted by Gasteiger charge is -2.13. The van der Waals surface area contributed by atoms with Crippen molar-refractivity contribution in [2.75, 3.05) is 6.54 Å². The van der Waals surface area contributed by atoms with Crippen LogP contribution in [0.3, 0.4) is 0 Å². The molecule has 1 atom stereocenters. The molecule has 0 aromatic carbocycles. The fourth-order valence-corrected chi connectivity index (χ4v) is 2.58. The SMILES string of the molecule is O=C(O)CCCCCN1C(=O)CC(S(=O)(=O)O)C1=O. The molecule has 1 heterocycles. The van der Waals surface area contributed by atoms with Gasteiger partial charge in [-0.05, 0) is 12.8 Å². The van der Waals surface area contributed by atoms with E-state index in [9.17, 15) is 22.8 Å². The number of nitrogens with zero attached hydrogens (tertiary/aromatic N) is 1. The molecule has 0 spiro atoms. The molecule has 1 rings (SSSR count). The molecule has 0 aliphatic carbocycles. The Morgan fingerprint density at radius 1 is 1.26 bits per heavy atom. The maximum atomic E-state index is 11.6. The molecular formula is C10H15NO7S. The number of amides is 2. The molecule has 2 N–H and O–H groups in total. The zero-order valence-corrected chi connectivity index (χ0v) is 10.9. The van der Waals surface area contributed by atoms with Crippen LogP contribution in [0.1, 0.15) is 32.1 Å². The van der Waals surface area contributed by atoms with Gasteiger partial charge in [0.25, 0.3) is 16.0 Å². The Bertz CT molecular complexity index is 484. The second-order valence-electron chi connectivity index (χ2n) is 4.30. The highest BCUT2D eigenvalue weighted by atomic mass is 32.2. The number of carboxylic acids is 1. The zero-order chi connectivity index (χ0) is 14.6. The highest BCUT2D eigenvalue weighted by molar-refractivity contribution is 7.87. The summed E-state index contributed by atoms with van der Waals surface area (Å²) in [5.74, 6) is -2.46. The van der Waals surface area contributed by atoms with E-state index in [-0.39, 0.29) is 13.0 Å². The molecule has 0 saturated carbocycles. The molecule has 2 amide bonds. The number of hydrogen-bond donors (Lipinski definition) is 2. The van der Waals surface area contributed by atoms with E-state index in [1.165, 1.54) is 0 Å². The fourth-order valence-electron chi connectivity index (χ4n) is 1.84. The summed E-state index contributed by atoms with van der Waals surface area (Å²) in [5.41, 5.74) is 0. The molecule has 0 aromatic heterocycles. The van der Waals surface area contributed by atoms with Gasteiger partial charge in [-0.1, -0.05) is 6.42 Å². The van der Waals surface area contributed by atoms with Crippen LogP contribution in [0.2, 0.25) is 0 Å². The van der Waals surface area contributed by atoms with Gasteiger partial charge in [0.15, 0.2) is 5.25 Å². The summed E-state index contributed by atoms with van der Waals surface area (Å²) < 4.78 is 30.6. The predicted octanol–water partition coefficient (Wildman–Crippen LogP) is -0.353. The van der Waals surface area contributed by atoms with Gasteiger partial charge < -0.3 is 5.11 Å². The van der Waals surface area contributed by atoms with Crippen molar-refractivity contribution in [2.45, 2.75) is 37.4 Å². The highest BCUT2D eigenvalue weighted by Crippen LogP contribution is 2.19. The molecule has 0 aromatic rings. The van der Waals surface area contributed by atoms with Gasteiger partial charge in [0.2, 0.25) is 5.91 Å². The lowest BCUT2D eigenvalue weighted by atomic mass is 10.2. The number of aliphatic carboxylic acids is 1. The Morgan fingerprint density at radius 2 is 1.89 bits per heavy atom. The largest absolute Gasteiger partial charge is 0.481 e. The molecule has 1 fully saturated rings. The highest BCUT2D eigenvalue weighted by Gasteiger charge is 2.45. The lowest BCUT2D eigenvalue weighted by molar-refractivity contribution is -0.139. The summed E-state index contributed by atoms with van der Waals surface area (Å²) in [4.78, 5) is 34.1. The second-order valence-corrected chi connectivity index (χ2v) is 5.89.